The van der Waals surface area contributed by atoms with E-state index in [9.17, 15) is 9.81 Å². The number of nitriles is 1. The summed E-state index contributed by atoms with van der Waals surface area (Å²) in [7, 11) is -0.209. The summed E-state index contributed by atoms with van der Waals surface area (Å²) in [6, 6.07) is 13.2. The molecule has 2 aliphatic heterocycles. The Labute approximate surface area is 223 Å². The van der Waals surface area contributed by atoms with E-state index in [1.165, 1.54) is 5.56 Å². The number of likely N-dealkylation sites (tertiary alicyclic amines) is 1. The summed E-state index contributed by atoms with van der Waals surface area (Å²) in [5, 5.41) is 10.4. The molecule has 0 spiro atoms. The summed E-state index contributed by atoms with van der Waals surface area (Å²) < 4.78 is 28.5. The van der Waals surface area contributed by atoms with E-state index in [1.54, 1.807) is 0 Å². The van der Waals surface area contributed by atoms with Gasteiger partial charge in [-0.15, -0.1) is 4.72 Å². The van der Waals surface area contributed by atoms with E-state index in [-0.39, 0.29) is 24.2 Å². The van der Waals surface area contributed by atoms with E-state index in [1.807, 2.05) is 6.07 Å². The van der Waals surface area contributed by atoms with Crippen molar-refractivity contribution in [2.75, 3.05) is 18.8 Å². The summed E-state index contributed by atoms with van der Waals surface area (Å²) in [6.45, 7) is 13.3. The van der Waals surface area contributed by atoms with Crippen molar-refractivity contribution < 1.29 is 13.9 Å². The predicted molar refractivity (Wildman–Crippen MR) is 149 cm³/mol. The SMILES string of the molecule is CCCC[S+]([O-])NC(C#N)(CCCCB1OC(C)(C)C(C)(C)O1)C1CCN(Cc2ccccc2)CC1. The fraction of sp³-hybridized carbons (Fsp3) is 0.750. The molecule has 1 aromatic carbocycles. The molecule has 6 nitrogen and oxygen atoms in total. The lowest BCUT2D eigenvalue weighted by atomic mass is 9.75. The second kappa shape index (κ2) is 13.1. The highest BCUT2D eigenvalue weighted by molar-refractivity contribution is 7.89. The zero-order valence-corrected chi connectivity index (χ0v) is 23.9. The molecule has 8 heteroatoms. The van der Waals surface area contributed by atoms with Gasteiger partial charge in [0.15, 0.2) is 5.54 Å². The van der Waals surface area contributed by atoms with Crippen molar-refractivity contribution in [3.63, 3.8) is 0 Å². The van der Waals surface area contributed by atoms with Crippen molar-refractivity contribution in [3.05, 3.63) is 35.9 Å². The van der Waals surface area contributed by atoms with Crippen LogP contribution < -0.4 is 4.72 Å². The minimum Gasteiger partial charge on any atom is -0.598 e. The lowest BCUT2D eigenvalue weighted by Crippen LogP contribution is -2.55. The maximum atomic E-state index is 12.9. The van der Waals surface area contributed by atoms with E-state index >= 15 is 0 Å². The molecule has 0 aliphatic carbocycles. The molecular formula is C28H46BN3O3S. The number of hydrogen-bond donors (Lipinski definition) is 1. The molecule has 0 bridgehead atoms. The Morgan fingerprint density at radius 2 is 1.75 bits per heavy atom. The van der Waals surface area contributed by atoms with Crippen LogP contribution in [0.5, 0.6) is 0 Å². The van der Waals surface area contributed by atoms with Crippen LogP contribution >= 0.6 is 0 Å². The normalized spacial score (nSPS) is 22.8. The Bertz CT molecular complexity index is 826. The second-order valence-corrected chi connectivity index (χ2v) is 12.9. The third-order valence-corrected chi connectivity index (χ3v) is 9.53. The average Bonchev–Trinajstić information content (AvgIpc) is 3.06. The van der Waals surface area contributed by atoms with Crippen molar-refractivity contribution in [2.45, 2.75) is 109 Å². The van der Waals surface area contributed by atoms with Gasteiger partial charge in [-0.3, -0.25) is 4.90 Å². The Hall–Kier alpha value is -1.08. The van der Waals surface area contributed by atoms with Crippen molar-refractivity contribution in [3.8, 4) is 6.07 Å². The van der Waals surface area contributed by atoms with Crippen molar-refractivity contribution in [1.82, 2.24) is 9.62 Å². The first-order chi connectivity index (χ1) is 17.1. The molecular weight excluding hydrogens is 469 g/mol. The zero-order valence-electron chi connectivity index (χ0n) is 23.1. The molecule has 0 saturated carbocycles. The molecule has 2 heterocycles. The van der Waals surface area contributed by atoms with Crippen LogP contribution in [0, 0.1) is 17.2 Å². The molecule has 1 aromatic rings. The van der Waals surface area contributed by atoms with Gasteiger partial charge >= 0.3 is 7.12 Å². The molecule has 3 rings (SSSR count). The van der Waals surface area contributed by atoms with Gasteiger partial charge in [0.2, 0.25) is 0 Å². The lowest BCUT2D eigenvalue weighted by molar-refractivity contribution is 0.00578. The van der Waals surface area contributed by atoms with E-state index in [0.717, 1.165) is 64.5 Å². The number of hydrogen-bond acceptors (Lipinski definition) is 6. The highest BCUT2D eigenvalue weighted by Gasteiger charge is 2.50. The minimum absolute atomic E-state index is 0.192. The standard InChI is InChI=1S/C28H46BN3O3S/c1-6-7-21-36(33)31-28(23-30,17-11-12-18-29-34-26(2,3)27(4,5)35-29)25-15-19-32(20-16-25)22-24-13-9-8-10-14-24/h8-10,13-14,25,31H,6-7,11-12,15-22H2,1-5H3. The van der Waals surface area contributed by atoms with Crippen LogP contribution in [0.4, 0.5) is 0 Å². The third-order valence-electron chi connectivity index (χ3n) is 8.28. The van der Waals surface area contributed by atoms with Crippen LogP contribution in [0.1, 0.15) is 85.1 Å². The van der Waals surface area contributed by atoms with E-state index in [2.05, 4.69) is 74.6 Å². The second-order valence-electron chi connectivity index (χ2n) is 11.6. The summed E-state index contributed by atoms with van der Waals surface area (Å²) in [5.74, 6) is 0.790. The Morgan fingerprint density at radius 1 is 1.11 bits per heavy atom. The monoisotopic (exact) mass is 515 g/mol. The van der Waals surface area contributed by atoms with E-state index < -0.39 is 16.9 Å². The largest absolute Gasteiger partial charge is 0.598 e. The molecule has 0 amide bonds. The Morgan fingerprint density at radius 3 is 2.33 bits per heavy atom. The predicted octanol–water partition coefficient (Wildman–Crippen LogP) is 5.48. The molecule has 2 aliphatic rings. The van der Waals surface area contributed by atoms with Gasteiger partial charge < -0.3 is 13.9 Å². The van der Waals surface area contributed by atoms with Gasteiger partial charge in [0.05, 0.1) is 17.3 Å². The molecule has 0 radical (unpaired) electrons. The Kier molecular flexibility index (Phi) is 10.8. The molecule has 2 unspecified atom stereocenters. The smallest absolute Gasteiger partial charge is 0.457 e. The van der Waals surface area contributed by atoms with Crippen LogP contribution in [0.3, 0.4) is 0 Å². The highest BCUT2D eigenvalue weighted by Crippen LogP contribution is 2.39. The lowest BCUT2D eigenvalue weighted by Gasteiger charge is -2.40. The number of piperidine rings is 1. The zero-order chi connectivity index (χ0) is 26.2. The fourth-order valence-corrected chi connectivity index (χ4v) is 6.63. The van der Waals surface area contributed by atoms with E-state index in [0.29, 0.717) is 12.2 Å². The number of benzene rings is 1. The molecule has 2 atom stereocenters. The number of unbranched alkanes of at least 4 members (excludes halogenated alkanes) is 2. The molecule has 200 valence electrons. The summed E-state index contributed by atoms with van der Waals surface area (Å²) in [5.41, 5.74) is -0.0732. The Balaban J connectivity index is 1.58. The quantitative estimate of drug-likeness (QED) is 0.213. The first-order valence-corrected chi connectivity index (χ1v) is 15.1. The van der Waals surface area contributed by atoms with Crippen molar-refractivity contribution in [2.24, 2.45) is 5.92 Å². The highest BCUT2D eigenvalue weighted by atomic mass is 32.2. The number of rotatable bonds is 13. The molecule has 2 fully saturated rings. The van der Waals surface area contributed by atoms with Crippen molar-refractivity contribution >= 4 is 18.5 Å². The molecule has 36 heavy (non-hydrogen) atoms. The number of nitrogens with zero attached hydrogens (tertiary/aromatic N) is 2. The van der Waals surface area contributed by atoms with Crippen LogP contribution in [-0.2, 0) is 27.2 Å². The van der Waals surface area contributed by atoms with Gasteiger partial charge in [0.1, 0.15) is 5.75 Å². The van der Waals surface area contributed by atoms with Gasteiger partial charge in [0, 0.05) is 17.9 Å². The topological polar surface area (TPSA) is 80.6 Å². The first-order valence-electron chi connectivity index (χ1n) is 13.8. The summed E-state index contributed by atoms with van der Waals surface area (Å²) >= 11 is -1.19. The van der Waals surface area contributed by atoms with Gasteiger partial charge in [0.25, 0.3) is 0 Å². The first kappa shape index (κ1) is 29.5. The van der Waals surface area contributed by atoms with Gasteiger partial charge in [-0.2, -0.15) is 5.26 Å². The molecule has 1 N–H and O–H groups in total. The van der Waals surface area contributed by atoms with Crippen LogP contribution in [0.25, 0.3) is 0 Å². The average molecular weight is 516 g/mol. The maximum absolute atomic E-state index is 12.9. The van der Waals surface area contributed by atoms with Crippen LogP contribution in [0.15, 0.2) is 30.3 Å². The molecule has 0 aromatic heterocycles. The summed E-state index contributed by atoms with van der Waals surface area (Å²) in [6.07, 6.45) is 7.08. The van der Waals surface area contributed by atoms with Crippen molar-refractivity contribution in [1.29, 1.82) is 5.26 Å². The van der Waals surface area contributed by atoms with E-state index in [4.69, 9.17) is 9.31 Å². The summed E-state index contributed by atoms with van der Waals surface area (Å²) in [4.78, 5) is 2.47. The third kappa shape index (κ3) is 7.72. The van der Waals surface area contributed by atoms with Crippen LogP contribution in [0.2, 0.25) is 6.32 Å². The fourth-order valence-electron chi connectivity index (χ4n) is 5.26. The number of nitrogens with one attached hydrogen (secondary N) is 1. The van der Waals surface area contributed by atoms with Gasteiger partial charge in [-0.25, -0.2) is 0 Å². The minimum atomic E-state index is -1.19. The van der Waals surface area contributed by atoms with Crippen LogP contribution in [-0.4, -0.2) is 52.2 Å². The maximum Gasteiger partial charge on any atom is 0.457 e. The van der Waals surface area contributed by atoms with Gasteiger partial charge in [-0.05, 0) is 84.3 Å². The molecule has 2 saturated heterocycles. The van der Waals surface area contributed by atoms with Gasteiger partial charge in [-0.1, -0.05) is 56.5 Å².